The largest absolute Gasteiger partial charge is 0.433 e. The van der Waals surface area contributed by atoms with Crippen LogP contribution in [0.5, 0.6) is 0 Å². The first-order chi connectivity index (χ1) is 16.3. The molecule has 1 amide bonds. The Kier molecular flexibility index (Phi) is 8.04. The number of benzene rings is 1. The van der Waals surface area contributed by atoms with Crippen LogP contribution in [0.15, 0.2) is 30.3 Å². The molecular weight excluding hydrogens is 488 g/mol. The van der Waals surface area contributed by atoms with Gasteiger partial charge >= 0.3 is 6.18 Å². The number of hydrogen-bond donors (Lipinski definition) is 2. The molecular formula is C23H26F4N4O3S. The zero-order chi connectivity index (χ0) is 25.8. The van der Waals surface area contributed by atoms with Crippen LogP contribution in [0.2, 0.25) is 0 Å². The number of nitrogens with one attached hydrogen (secondary N) is 2. The zero-order valence-electron chi connectivity index (χ0n) is 19.2. The van der Waals surface area contributed by atoms with Gasteiger partial charge in [0.15, 0.2) is 0 Å². The number of aryl methyl sites for hydroxylation is 1. The van der Waals surface area contributed by atoms with Crippen molar-refractivity contribution in [2.45, 2.75) is 38.9 Å². The number of carbonyl (C=O) groups excluding carboxylic acids is 1. The molecule has 3 rings (SSSR count). The molecule has 1 aliphatic rings. The van der Waals surface area contributed by atoms with Crippen LogP contribution in [0.4, 0.5) is 29.1 Å². The lowest BCUT2D eigenvalue weighted by Gasteiger charge is -2.29. The summed E-state index contributed by atoms with van der Waals surface area (Å²) in [5.41, 5.74) is -0.0234. The minimum atomic E-state index is -4.58. The van der Waals surface area contributed by atoms with Crippen molar-refractivity contribution in [1.82, 2.24) is 10.3 Å². The lowest BCUT2D eigenvalue weighted by molar-refractivity contribution is -0.141. The Balaban J connectivity index is 1.73. The van der Waals surface area contributed by atoms with Gasteiger partial charge in [-0.05, 0) is 61.6 Å². The van der Waals surface area contributed by atoms with E-state index in [1.807, 2.05) is 0 Å². The van der Waals surface area contributed by atoms with Crippen molar-refractivity contribution in [3.8, 4) is 0 Å². The van der Waals surface area contributed by atoms with Gasteiger partial charge in [-0.2, -0.15) is 13.2 Å². The zero-order valence-corrected chi connectivity index (χ0v) is 20.1. The fourth-order valence-corrected chi connectivity index (χ4v) is 4.38. The Morgan fingerprint density at radius 3 is 2.46 bits per heavy atom. The molecule has 0 radical (unpaired) electrons. The van der Waals surface area contributed by atoms with Gasteiger partial charge in [0.2, 0.25) is 15.9 Å². The lowest BCUT2D eigenvalue weighted by Crippen LogP contribution is -2.31. The molecule has 0 spiro atoms. The van der Waals surface area contributed by atoms with E-state index in [1.165, 1.54) is 31.2 Å². The van der Waals surface area contributed by atoms with Crippen LogP contribution < -0.4 is 14.9 Å². The molecule has 2 heterocycles. The molecule has 0 atom stereocenters. The third-order valence-electron chi connectivity index (χ3n) is 5.37. The third kappa shape index (κ3) is 7.41. The Morgan fingerprint density at radius 1 is 1.17 bits per heavy atom. The van der Waals surface area contributed by atoms with Crippen LogP contribution in [0.1, 0.15) is 41.6 Å². The number of anilines is 2. The SMILES string of the molecule is Cc1cc(CNC(=O)C=Cc2ccc(C(F)(F)F)nc2N2CCCCC2)cc(F)c1NS(C)(=O)=O. The first-order valence-electron chi connectivity index (χ1n) is 10.9. The highest BCUT2D eigenvalue weighted by molar-refractivity contribution is 7.92. The number of nitrogens with zero attached hydrogens (tertiary/aromatic N) is 2. The third-order valence-corrected chi connectivity index (χ3v) is 5.94. The smallest absolute Gasteiger partial charge is 0.356 e. The predicted molar refractivity (Wildman–Crippen MR) is 126 cm³/mol. The summed E-state index contributed by atoms with van der Waals surface area (Å²) in [5.74, 6) is -1.14. The molecule has 7 nitrogen and oxygen atoms in total. The van der Waals surface area contributed by atoms with E-state index in [4.69, 9.17) is 0 Å². The lowest BCUT2D eigenvalue weighted by atomic mass is 10.1. The normalized spacial score (nSPS) is 14.9. The Bertz CT molecular complexity index is 1200. The van der Waals surface area contributed by atoms with Crippen molar-refractivity contribution in [1.29, 1.82) is 0 Å². The van der Waals surface area contributed by atoms with Crippen molar-refractivity contribution >= 4 is 33.5 Å². The average Bonchev–Trinajstić information content (AvgIpc) is 2.78. The van der Waals surface area contributed by atoms with Crippen LogP contribution in [0, 0.1) is 12.7 Å². The van der Waals surface area contributed by atoms with Gasteiger partial charge < -0.3 is 10.2 Å². The summed E-state index contributed by atoms with van der Waals surface area (Å²) < 4.78 is 78.7. The summed E-state index contributed by atoms with van der Waals surface area (Å²) in [6.45, 7) is 2.65. The van der Waals surface area contributed by atoms with Crippen molar-refractivity contribution < 1.29 is 30.8 Å². The van der Waals surface area contributed by atoms with E-state index in [0.717, 1.165) is 37.7 Å². The second kappa shape index (κ2) is 10.6. The number of amides is 1. The van der Waals surface area contributed by atoms with Crippen LogP contribution in [-0.2, 0) is 27.5 Å². The predicted octanol–water partition coefficient (Wildman–Crippen LogP) is 4.24. The summed E-state index contributed by atoms with van der Waals surface area (Å²) >= 11 is 0. The maximum atomic E-state index is 14.3. The molecule has 0 aliphatic carbocycles. The van der Waals surface area contributed by atoms with Crippen LogP contribution >= 0.6 is 0 Å². The maximum absolute atomic E-state index is 14.3. The Hall–Kier alpha value is -3.15. The van der Waals surface area contributed by atoms with Gasteiger partial charge in [0.1, 0.15) is 17.3 Å². The van der Waals surface area contributed by atoms with E-state index < -0.39 is 33.6 Å². The van der Waals surface area contributed by atoms with Gasteiger partial charge in [-0.3, -0.25) is 9.52 Å². The fraction of sp³-hybridized carbons (Fsp3) is 0.391. The maximum Gasteiger partial charge on any atom is 0.433 e. The molecule has 0 bridgehead atoms. The number of piperidine rings is 1. The summed E-state index contributed by atoms with van der Waals surface area (Å²) in [4.78, 5) is 17.9. The first kappa shape index (κ1) is 26.5. The molecule has 1 aromatic heterocycles. The Morgan fingerprint density at radius 2 is 1.86 bits per heavy atom. The summed E-state index contributed by atoms with van der Waals surface area (Å²) in [6, 6.07) is 4.81. The van der Waals surface area contributed by atoms with E-state index in [0.29, 0.717) is 29.8 Å². The molecule has 12 heteroatoms. The molecule has 190 valence electrons. The number of pyridine rings is 1. The van der Waals surface area contributed by atoms with Gasteiger partial charge in [-0.1, -0.05) is 6.07 Å². The summed E-state index contributed by atoms with van der Waals surface area (Å²) in [5, 5.41) is 2.58. The van der Waals surface area contributed by atoms with Gasteiger partial charge in [-0.15, -0.1) is 0 Å². The first-order valence-corrected chi connectivity index (χ1v) is 12.8. The molecule has 1 fully saturated rings. The number of hydrogen-bond acceptors (Lipinski definition) is 5. The minimum Gasteiger partial charge on any atom is -0.356 e. The molecule has 1 saturated heterocycles. The average molecular weight is 515 g/mol. The van der Waals surface area contributed by atoms with Gasteiger partial charge in [0.05, 0.1) is 11.9 Å². The van der Waals surface area contributed by atoms with Crippen LogP contribution in [0.25, 0.3) is 6.08 Å². The molecule has 0 saturated carbocycles. The van der Waals surface area contributed by atoms with Crippen LogP contribution in [0.3, 0.4) is 0 Å². The highest BCUT2D eigenvalue weighted by Crippen LogP contribution is 2.32. The molecule has 1 aliphatic heterocycles. The summed E-state index contributed by atoms with van der Waals surface area (Å²) in [6.07, 6.45) is 1.59. The van der Waals surface area contributed by atoms with E-state index in [1.54, 1.807) is 4.90 Å². The van der Waals surface area contributed by atoms with Gasteiger partial charge in [0.25, 0.3) is 0 Å². The second-order valence-electron chi connectivity index (χ2n) is 8.35. The highest BCUT2D eigenvalue weighted by Gasteiger charge is 2.33. The number of halogens is 4. The standard InChI is InChI=1S/C23H26F4N4O3S/c1-15-12-16(13-18(24)21(15)30-35(2,33)34)14-28-20(32)9-7-17-6-8-19(23(25,26)27)29-22(17)31-10-4-3-5-11-31/h6-9,12-13,30H,3-5,10-11,14H2,1-2H3,(H,28,32). The highest BCUT2D eigenvalue weighted by atomic mass is 32.2. The van der Waals surface area contributed by atoms with Crippen LogP contribution in [-0.4, -0.2) is 38.7 Å². The fourth-order valence-electron chi connectivity index (χ4n) is 3.75. The molecule has 0 unspecified atom stereocenters. The molecule has 1 aromatic carbocycles. The molecule has 35 heavy (non-hydrogen) atoms. The number of rotatable bonds is 7. The van der Waals surface area contributed by atoms with E-state index >= 15 is 0 Å². The monoisotopic (exact) mass is 514 g/mol. The van der Waals surface area contributed by atoms with Crippen molar-refractivity contribution in [2.24, 2.45) is 0 Å². The number of sulfonamides is 1. The van der Waals surface area contributed by atoms with E-state index in [-0.39, 0.29) is 18.1 Å². The second-order valence-corrected chi connectivity index (χ2v) is 10.1. The van der Waals surface area contributed by atoms with Crippen molar-refractivity contribution in [3.05, 3.63) is 58.5 Å². The Labute approximate surface area is 201 Å². The quantitative estimate of drug-likeness (QED) is 0.426. The van der Waals surface area contributed by atoms with E-state index in [9.17, 15) is 30.8 Å². The van der Waals surface area contributed by atoms with Crippen molar-refractivity contribution in [2.75, 3.05) is 29.0 Å². The molecule has 2 aromatic rings. The molecule has 2 N–H and O–H groups in total. The topological polar surface area (TPSA) is 91.4 Å². The minimum absolute atomic E-state index is 0.0374. The number of carbonyl (C=O) groups is 1. The number of aromatic nitrogens is 1. The van der Waals surface area contributed by atoms with Gasteiger partial charge in [-0.25, -0.2) is 17.8 Å². The number of alkyl halides is 3. The van der Waals surface area contributed by atoms with Gasteiger partial charge in [0, 0.05) is 31.3 Å². The van der Waals surface area contributed by atoms with Crippen molar-refractivity contribution in [3.63, 3.8) is 0 Å². The van der Waals surface area contributed by atoms with E-state index in [2.05, 4.69) is 15.0 Å². The summed E-state index contributed by atoms with van der Waals surface area (Å²) in [7, 11) is -3.66.